The third-order valence-corrected chi connectivity index (χ3v) is 2.30. The van der Waals surface area contributed by atoms with Crippen LogP contribution in [-0.4, -0.2) is 12.3 Å². The number of hydrazone groups is 1. The molecule has 2 unspecified atom stereocenters. The van der Waals surface area contributed by atoms with Gasteiger partial charge in [-0.2, -0.15) is 5.10 Å². The molecule has 1 aliphatic heterocycles. The molecule has 1 heterocycles. The summed E-state index contributed by atoms with van der Waals surface area (Å²) >= 11 is 0. The number of rotatable bonds is 0. The number of fused-ring (bicyclic) bond motifs is 1. The zero-order valence-corrected chi connectivity index (χ0v) is 5.96. The predicted molar refractivity (Wildman–Crippen MR) is 41.9 cm³/mol. The summed E-state index contributed by atoms with van der Waals surface area (Å²) in [6.45, 7) is 0. The molecule has 10 heavy (non-hydrogen) atoms. The highest BCUT2D eigenvalue weighted by atomic mass is 15.3. The van der Waals surface area contributed by atoms with Crippen LogP contribution < -0.4 is 5.43 Å². The van der Waals surface area contributed by atoms with Crippen molar-refractivity contribution < 1.29 is 0 Å². The quantitative estimate of drug-likeness (QED) is 0.499. The molecular weight excluding hydrogens is 124 g/mol. The first kappa shape index (κ1) is 5.96. The lowest BCUT2D eigenvalue weighted by atomic mass is 9.87. The number of nitrogens with one attached hydrogen (secondary N) is 1. The van der Waals surface area contributed by atoms with Crippen molar-refractivity contribution >= 4 is 6.21 Å². The Kier molecular flexibility index (Phi) is 1.46. The molecule has 0 spiro atoms. The smallest absolute Gasteiger partial charge is 0.0509 e. The summed E-state index contributed by atoms with van der Waals surface area (Å²) in [7, 11) is 0. The second-order valence-electron chi connectivity index (χ2n) is 2.99. The summed E-state index contributed by atoms with van der Waals surface area (Å²) in [5, 5.41) is 4.05. The highest BCUT2D eigenvalue weighted by molar-refractivity contribution is 5.58. The molecule has 0 aromatic heterocycles. The van der Waals surface area contributed by atoms with Gasteiger partial charge in [-0.05, 0) is 25.2 Å². The van der Waals surface area contributed by atoms with Crippen molar-refractivity contribution in [1.82, 2.24) is 5.43 Å². The highest BCUT2D eigenvalue weighted by Gasteiger charge is 2.22. The molecule has 0 saturated carbocycles. The molecule has 0 aromatic carbocycles. The molecular formula is C8H12N2. The van der Waals surface area contributed by atoms with Crippen LogP contribution in [0.1, 0.15) is 19.3 Å². The van der Waals surface area contributed by atoms with Crippen LogP contribution in [0.2, 0.25) is 0 Å². The highest BCUT2D eigenvalue weighted by Crippen LogP contribution is 2.23. The van der Waals surface area contributed by atoms with E-state index in [-0.39, 0.29) is 0 Å². The van der Waals surface area contributed by atoms with Crippen LogP contribution in [0.4, 0.5) is 0 Å². The van der Waals surface area contributed by atoms with Crippen molar-refractivity contribution in [3.05, 3.63) is 12.2 Å². The second-order valence-corrected chi connectivity index (χ2v) is 2.99. The zero-order chi connectivity index (χ0) is 6.81. The summed E-state index contributed by atoms with van der Waals surface area (Å²) in [5.41, 5.74) is 3.14. The molecule has 2 nitrogen and oxygen atoms in total. The third kappa shape index (κ3) is 0.939. The van der Waals surface area contributed by atoms with E-state index in [0.717, 1.165) is 18.8 Å². The van der Waals surface area contributed by atoms with E-state index in [0.29, 0.717) is 6.04 Å². The summed E-state index contributed by atoms with van der Waals surface area (Å²) in [6.07, 6.45) is 10.0. The van der Waals surface area contributed by atoms with Crippen LogP contribution in [0.5, 0.6) is 0 Å². The van der Waals surface area contributed by atoms with Gasteiger partial charge in [-0.15, -0.1) is 0 Å². The van der Waals surface area contributed by atoms with Crippen molar-refractivity contribution in [3.8, 4) is 0 Å². The van der Waals surface area contributed by atoms with Crippen LogP contribution in [-0.2, 0) is 0 Å². The Balaban J connectivity index is 2.09. The predicted octanol–water partition coefficient (Wildman–Crippen LogP) is 1.30. The van der Waals surface area contributed by atoms with E-state index in [1.54, 1.807) is 0 Å². The first-order valence-corrected chi connectivity index (χ1v) is 3.89. The SMILES string of the molecule is C1=CCC2NN=CCC2C1. The van der Waals surface area contributed by atoms with E-state index in [1.165, 1.54) is 6.42 Å². The summed E-state index contributed by atoms with van der Waals surface area (Å²) in [6, 6.07) is 0.620. The van der Waals surface area contributed by atoms with Crippen LogP contribution in [0.15, 0.2) is 17.3 Å². The minimum absolute atomic E-state index is 0.620. The Labute approximate surface area is 61.0 Å². The van der Waals surface area contributed by atoms with Gasteiger partial charge in [0.1, 0.15) is 0 Å². The molecule has 0 fully saturated rings. The summed E-state index contributed by atoms with van der Waals surface area (Å²) in [5.74, 6) is 0.808. The van der Waals surface area contributed by atoms with Gasteiger partial charge in [0.05, 0.1) is 6.04 Å². The maximum Gasteiger partial charge on any atom is 0.0509 e. The first-order chi connectivity index (χ1) is 4.97. The van der Waals surface area contributed by atoms with Gasteiger partial charge in [0, 0.05) is 6.21 Å². The first-order valence-electron chi connectivity index (χ1n) is 3.89. The van der Waals surface area contributed by atoms with Crippen molar-refractivity contribution in [2.75, 3.05) is 0 Å². The van der Waals surface area contributed by atoms with Crippen LogP contribution in [0.3, 0.4) is 0 Å². The van der Waals surface area contributed by atoms with Gasteiger partial charge >= 0.3 is 0 Å². The third-order valence-electron chi connectivity index (χ3n) is 2.30. The second kappa shape index (κ2) is 2.45. The molecule has 0 bridgehead atoms. The monoisotopic (exact) mass is 136 g/mol. The lowest BCUT2D eigenvalue weighted by Gasteiger charge is -2.29. The molecule has 0 aromatic rings. The maximum atomic E-state index is 4.05. The summed E-state index contributed by atoms with van der Waals surface area (Å²) < 4.78 is 0. The zero-order valence-electron chi connectivity index (χ0n) is 5.96. The van der Waals surface area contributed by atoms with E-state index < -0.39 is 0 Å². The number of hydrogen-bond acceptors (Lipinski definition) is 2. The number of nitrogens with zero attached hydrogens (tertiary/aromatic N) is 1. The average molecular weight is 136 g/mol. The molecule has 2 atom stereocenters. The minimum atomic E-state index is 0.620. The van der Waals surface area contributed by atoms with Gasteiger partial charge < -0.3 is 5.43 Å². The van der Waals surface area contributed by atoms with Crippen LogP contribution in [0, 0.1) is 5.92 Å². The Bertz CT molecular complexity index is 136. The summed E-state index contributed by atoms with van der Waals surface area (Å²) in [4.78, 5) is 0. The Morgan fingerprint density at radius 1 is 1.20 bits per heavy atom. The standard InChI is InChI=1S/C8H12N2/c1-2-4-8-7(3-1)5-6-9-10-8/h1-2,6-8,10H,3-5H2. The van der Waals surface area contributed by atoms with E-state index in [9.17, 15) is 0 Å². The molecule has 2 heteroatoms. The lowest BCUT2D eigenvalue weighted by Crippen LogP contribution is -2.37. The maximum absolute atomic E-state index is 4.05. The Hall–Kier alpha value is -0.790. The molecule has 1 N–H and O–H groups in total. The Morgan fingerprint density at radius 3 is 3.00 bits per heavy atom. The molecule has 2 rings (SSSR count). The van der Waals surface area contributed by atoms with Gasteiger partial charge in [-0.25, -0.2) is 0 Å². The van der Waals surface area contributed by atoms with E-state index >= 15 is 0 Å². The molecule has 1 aliphatic carbocycles. The van der Waals surface area contributed by atoms with Gasteiger partial charge in [0.2, 0.25) is 0 Å². The molecule has 0 radical (unpaired) electrons. The van der Waals surface area contributed by atoms with Gasteiger partial charge in [0.15, 0.2) is 0 Å². The van der Waals surface area contributed by atoms with E-state index in [4.69, 9.17) is 0 Å². The minimum Gasteiger partial charge on any atom is -0.307 e. The lowest BCUT2D eigenvalue weighted by molar-refractivity contribution is 0.345. The molecule has 0 amide bonds. The van der Waals surface area contributed by atoms with Gasteiger partial charge in [-0.3, -0.25) is 0 Å². The van der Waals surface area contributed by atoms with E-state index in [2.05, 4.69) is 22.7 Å². The van der Waals surface area contributed by atoms with Crippen molar-refractivity contribution in [3.63, 3.8) is 0 Å². The van der Waals surface area contributed by atoms with Gasteiger partial charge in [0.25, 0.3) is 0 Å². The molecule has 54 valence electrons. The van der Waals surface area contributed by atoms with Crippen molar-refractivity contribution in [2.24, 2.45) is 11.0 Å². The fourth-order valence-corrected chi connectivity index (χ4v) is 1.63. The molecule has 0 saturated heterocycles. The van der Waals surface area contributed by atoms with Crippen LogP contribution >= 0.6 is 0 Å². The van der Waals surface area contributed by atoms with Crippen molar-refractivity contribution in [1.29, 1.82) is 0 Å². The average Bonchev–Trinajstić information content (AvgIpc) is 2.05. The fourth-order valence-electron chi connectivity index (χ4n) is 1.63. The van der Waals surface area contributed by atoms with Crippen LogP contribution in [0.25, 0.3) is 0 Å². The normalized spacial score (nSPS) is 36.8. The number of allylic oxidation sites excluding steroid dienone is 1. The number of hydrogen-bond donors (Lipinski definition) is 1. The largest absolute Gasteiger partial charge is 0.307 e. The van der Waals surface area contributed by atoms with E-state index in [1.807, 2.05) is 6.21 Å². The fraction of sp³-hybridized carbons (Fsp3) is 0.625. The Morgan fingerprint density at radius 2 is 2.10 bits per heavy atom. The van der Waals surface area contributed by atoms with Crippen molar-refractivity contribution in [2.45, 2.75) is 25.3 Å². The molecule has 2 aliphatic rings. The topological polar surface area (TPSA) is 24.4 Å². The van der Waals surface area contributed by atoms with Gasteiger partial charge in [-0.1, -0.05) is 12.2 Å².